The molecule has 19 heavy (non-hydrogen) atoms. The van der Waals surface area contributed by atoms with Crippen molar-refractivity contribution in [2.24, 2.45) is 5.92 Å². The minimum absolute atomic E-state index is 0.0112. The Hall–Kier alpha value is -1.40. The van der Waals surface area contributed by atoms with Gasteiger partial charge in [0.25, 0.3) is 0 Å². The maximum Gasteiger partial charge on any atom is 0.242 e. The Bertz CT molecular complexity index is 444. The van der Waals surface area contributed by atoms with Crippen molar-refractivity contribution >= 4 is 5.91 Å². The molecule has 0 aromatic carbocycles. The molecule has 6 heteroatoms. The van der Waals surface area contributed by atoms with Crippen molar-refractivity contribution in [3.05, 3.63) is 17.7 Å². The minimum Gasteiger partial charge on any atom is -0.396 e. The summed E-state index contributed by atoms with van der Waals surface area (Å²) in [5, 5.41) is 9.22. The van der Waals surface area contributed by atoms with E-state index in [0.717, 1.165) is 11.4 Å². The fraction of sp³-hybridized carbons (Fsp3) is 0.692. The number of amides is 1. The number of nitrogens with zero attached hydrogens (tertiary/aromatic N) is 3. The highest BCUT2D eigenvalue weighted by Crippen LogP contribution is 2.09. The maximum atomic E-state index is 12.3. The number of ether oxygens (including phenoxy) is 1. The summed E-state index contributed by atoms with van der Waals surface area (Å²) < 4.78 is 7.24. The van der Waals surface area contributed by atoms with Crippen LogP contribution in [-0.2, 0) is 16.1 Å². The van der Waals surface area contributed by atoms with Gasteiger partial charge < -0.3 is 19.3 Å². The van der Waals surface area contributed by atoms with E-state index >= 15 is 0 Å². The van der Waals surface area contributed by atoms with Crippen LogP contribution in [0.3, 0.4) is 0 Å². The fourth-order valence-corrected chi connectivity index (χ4v) is 2.17. The SMILES string of the molecule is Cc1ncn(CC(=O)N2CCOC[C@@H](CO)C2)c1C. The molecule has 0 unspecified atom stereocenters. The highest BCUT2D eigenvalue weighted by molar-refractivity contribution is 5.76. The molecule has 106 valence electrons. The van der Waals surface area contributed by atoms with Crippen molar-refractivity contribution in [1.82, 2.24) is 14.5 Å². The van der Waals surface area contributed by atoms with Crippen molar-refractivity contribution in [2.75, 3.05) is 32.9 Å². The van der Waals surface area contributed by atoms with Crippen LogP contribution < -0.4 is 0 Å². The number of hydrogen-bond donors (Lipinski definition) is 1. The van der Waals surface area contributed by atoms with Crippen LogP contribution in [-0.4, -0.2) is 58.4 Å². The number of carbonyl (C=O) groups excluding carboxylic acids is 1. The molecule has 0 aliphatic carbocycles. The van der Waals surface area contributed by atoms with Crippen molar-refractivity contribution in [2.45, 2.75) is 20.4 Å². The summed E-state index contributed by atoms with van der Waals surface area (Å²) in [4.78, 5) is 18.2. The van der Waals surface area contributed by atoms with Gasteiger partial charge in [0.15, 0.2) is 0 Å². The molecule has 1 aromatic rings. The van der Waals surface area contributed by atoms with Gasteiger partial charge in [-0.2, -0.15) is 0 Å². The van der Waals surface area contributed by atoms with Crippen molar-refractivity contribution < 1.29 is 14.6 Å². The second-order valence-corrected chi connectivity index (χ2v) is 5.01. The molecule has 1 amide bonds. The van der Waals surface area contributed by atoms with Crippen LogP contribution in [0, 0.1) is 19.8 Å². The molecule has 2 heterocycles. The predicted molar refractivity (Wildman–Crippen MR) is 69.7 cm³/mol. The first kappa shape index (κ1) is 14.0. The number of aromatic nitrogens is 2. The van der Waals surface area contributed by atoms with Gasteiger partial charge >= 0.3 is 0 Å². The lowest BCUT2D eigenvalue weighted by molar-refractivity contribution is -0.132. The largest absolute Gasteiger partial charge is 0.396 e. The van der Waals surface area contributed by atoms with Crippen molar-refractivity contribution in [3.63, 3.8) is 0 Å². The van der Waals surface area contributed by atoms with Crippen LogP contribution in [0.25, 0.3) is 0 Å². The summed E-state index contributed by atoms with van der Waals surface area (Å²) in [6, 6.07) is 0. The summed E-state index contributed by atoms with van der Waals surface area (Å²) in [7, 11) is 0. The van der Waals surface area contributed by atoms with E-state index in [1.807, 2.05) is 18.4 Å². The van der Waals surface area contributed by atoms with E-state index < -0.39 is 0 Å². The van der Waals surface area contributed by atoms with Crippen LogP contribution >= 0.6 is 0 Å². The molecule has 6 nitrogen and oxygen atoms in total. The Morgan fingerprint density at radius 3 is 3.00 bits per heavy atom. The first-order valence-electron chi connectivity index (χ1n) is 6.56. The molecule has 0 saturated carbocycles. The van der Waals surface area contributed by atoms with Crippen LogP contribution in [0.5, 0.6) is 0 Å². The number of carbonyl (C=O) groups is 1. The van der Waals surface area contributed by atoms with Crippen LogP contribution in [0.2, 0.25) is 0 Å². The van der Waals surface area contributed by atoms with Crippen molar-refractivity contribution in [1.29, 1.82) is 0 Å². The average molecular weight is 267 g/mol. The summed E-state index contributed by atoms with van der Waals surface area (Å²) >= 11 is 0. The molecule has 1 aliphatic rings. The highest BCUT2D eigenvalue weighted by atomic mass is 16.5. The zero-order valence-electron chi connectivity index (χ0n) is 11.5. The summed E-state index contributed by atoms with van der Waals surface area (Å²) in [6.07, 6.45) is 1.69. The van der Waals surface area contributed by atoms with Gasteiger partial charge in [0.05, 0.1) is 25.2 Å². The monoisotopic (exact) mass is 267 g/mol. The third-order valence-electron chi connectivity index (χ3n) is 3.60. The molecule has 0 spiro atoms. The van der Waals surface area contributed by atoms with Crippen molar-refractivity contribution in [3.8, 4) is 0 Å². The van der Waals surface area contributed by atoms with E-state index in [-0.39, 0.29) is 18.4 Å². The third-order valence-corrected chi connectivity index (χ3v) is 3.60. The quantitative estimate of drug-likeness (QED) is 0.835. The standard InChI is InChI=1S/C13H21N3O3/c1-10-11(2)16(9-14-10)6-13(18)15-3-4-19-8-12(5-15)7-17/h9,12,17H,3-8H2,1-2H3/t12-/m1/s1. The number of aliphatic hydroxyl groups excluding tert-OH is 1. The first-order valence-corrected chi connectivity index (χ1v) is 6.56. The number of aryl methyl sites for hydroxylation is 1. The molecular weight excluding hydrogens is 246 g/mol. The first-order chi connectivity index (χ1) is 9.11. The van der Waals surface area contributed by atoms with E-state index in [2.05, 4.69) is 4.98 Å². The maximum absolute atomic E-state index is 12.3. The Kier molecular flexibility index (Phi) is 4.55. The summed E-state index contributed by atoms with van der Waals surface area (Å²) in [5.41, 5.74) is 1.96. The van der Waals surface area contributed by atoms with Crippen LogP contribution in [0.4, 0.5) is 0 Å². The topological polar surface area (TPSA) is 67.6 Å². The van der Waals surface area contributed by atoms with Gasteiger partial charge in [-0.25, -0.2) is 4.98 Å². The Morgan fingerprint density at radius 2 is 2.37 bits per heavy atom. The van der Waals surface area contributed by atoms with Crippen LogP contribution in [0.1, 0.15) is 11.4 Å². The fourth-order valence-electron chi connectivity index (χ4n) is 2.17. The van der Waals surface area contributed by atoms with E-state index in [0.29, 0.717) is 32.8 Å². The van der Waals surface area contributed by atoms with Gasteiger partial charge in [0.1, 0.15) is 6.54 Å². The highest BCUT2D eigenvalue weighted by Gasteiger charge is 2.22. The van der Waals surface area contributed by atoms with Gasteiger partial charge in [0, 0.05) is 31.3 Å². The normalized spacial score (nSPS) is 20.4. The van der Waals surface area contributed by atoms with Gasteiger partial charge in [-0.05, 0) is 13.8 Å². The lowest BCUT2D eigenvalue weighted by Crippen LogP contribution is -2.38. The van der Waals surface area contributed by atoms with E-state index in [1.54, 1.807) is 11.2 Å². The molecule has 2 rings (SSSR count). The smallest absolute Gasteiger partial charge is 0.242 e. The number of imidazole rings is 1. The number of aliphatic hydroxyl groups is 1. The lowest BCUT2D eigenvalue weighted by Gasteiger charge is -2.23. The second-order valence-electron chi connectivity index (χ2n) is 5.01. The second kappa shape index (κ2) is 6.16. The van der Waals surface area contributed by atoms with Gasteiger partial charge in [0.2, 0.25) is 5.91 Å². The molecule has 1 N–H and O–H groups in total. The molecular formula is C13H21N3O3. The zero-order chi connectivity index (χ0) is 13.8. The Morgan fingerprint density at radius 1 is 1.58 bits per heavy atom. The summed E-state index contributed by atoms with van der Waals surface area (Å²) in [5.74, 6) is 0.0570. The van der Waals surface area contributed by atoms with Crippen LogP contribution in [0.15, 0.2) is 6.33 Å². The number of hydrogen-bond acceptors (Lipinski definition) is 4. The van der Waals surface area contributed by atoms with E-state index in [1.165, 1.54) is 0 Å². The lowest BCUT2D eigenvalue weighted by atomic mass is 10.1. The van der Waals surface area contributed by atoms with Gasteiger partial charge in [-0.3, -0.25) is 4.79 Å². The predicted octanol–water partition coefficient (Wildman–Crippen LogP) is -0.0328. The molecule has 1 aliphatic heterocycles. The molecule has 1 saturated heterocycles. The molecule has 1 fully saturated rings. The third kappa shape index (κ3) is 3.33. The Labute approximate surface area is 113 Å². The molecule has 1 aromatic heterocycles. The molecule has 0 bridgehead atoms. The molecule has 0 radical (unpaired) electrons. The summed E-state index contributed by atoms with van der Waals surface area (Å²) in [6.45, 7) is 6.42. The minimum atomic E-state index is 0.0112. The van der Waals surface area contributed by atoms with E-state index in [4.69, 9.17) is 4.74 Å². The average Bonchev–Trinajstić information content (AvgIpc) is 2.63. The molecule has 1 atom stereocenters. The van der Waals surface area contributed by atoms with Gasteiger partial charge in [-0.1, -0.05) is 0 Å². The van der Waals surface area contributed by atoms with Gasteiger partial charge in [-0.15, -0.1) is 0 Å². The number of rotatable bonds is 3. The van der Waals surface area contributed by atoms with E-state index in [9.17, 15) is 9.90 Å². The zero-order valence-corrected chi connectivity index (χ0v) is 11.5. The Balaban J connectivity index is 2.00.